The number of cyclic esters (lactones) is 1. The number of amides is 2. The van der Waals surface area contributed by atoms with Crippen LogP contribution in [0.15, 0.2) is 18.3 Å². The highest BCUT2D eigenvalue weighted by Crippen LogP contribution is 2.32. The number of nitrogens with one attached hydrogen (secondary N) is 1. The number of hydrogen-bond acceptors (Lipinski definition) is 5. The first kappa shape index (κ1) is 15.5. The molecule has 1 aromatic rings. The third-order valence-corrected chi connectivity index (χ3v) is 4.76. The molecule has 0 radical (unpaired) electrons. The fraction of sp³-hybridized carbons (Fsp3) is 0.389. The topological polar surface area (TPSA) is 97.6 Å². The lowest BCUT2D eigenvalue weighted by molar-refractivity contribution is -0.117. The Hall–Kier alpha value is -3.01. The smallest absolute Gasteiger partial charge is 0.411 e. The van der Waals surface area contributed by atoms with Crippen molar-refractivity contribution in [3.8, 4) is 12.3 Å². The maximum Gasteiger partial charge on any atom is 0.411 e. The van der Waals surface area contributed by atoms with Gasteiger partial charge in [0.05, 0.1) is 6.04 Å². The molecule has 1 saturated carbocycles. The quantitative estimate of drug-likeness (QED) is 0.805. The number of ether oxygens (including phenoxy) is 1. The van der Waals surface area contributed by atoms with Crippen LogP contribution >= 0.6 is 0 Å². The van der Waals surface area contributed by atoms with Crippen molar-refractivity contribution in [1.82, 2.24) is 9.88 Å². The van der Waals surface area contributed by atoms with E-state index in [4.69, 9.17) is 16.9 Å². The molecular weight excluding hydrogens is 320 g/mol. The fourth-order valence-electron chi connectivity index (χ4n) is 3.26. The predicted molar refractivity (Wildman–Crippen MR) is 91.1 cm³/mol. The first-order valence-corrected chi connectivity index (χ1v) is 8.25. The molecule has 7 heteroatoms. The van der Waals surface area contributed by atoms with E-state index in [-0.39, 0.29) is 24.5 Å². The van der Waals surface area contributed by atoms with Crippen LogP contribution in [-0.2, 0) is 16.0 Å². The van der Waals surface area contributed by atoms with E-state index in [0.29, 0.717) is 17.9 Å². The molecule has 3 N–H and O–H groups in total. The average molecular weight is 338 g/mol. The van der Waals surface area contributed by atoms with Gasteiger partial charge in [-0.2, -0.15) is 0 Å². The van der Waals surface area contributed by atoms with Crippen LogP contribution in [0.25, 0.3) is 5.70 Å². The highest BCUT2D eigenvalue weighted by atomic mass is 16.6. The fourth-order valence-corrected chi connectivity index (χ4v) is 3.26. The standard InChI is InChI=1S/C18H18N4O3/c1-2-12-9-25-18(24)22(12)13-5-11-6-16(21-17(23)10-3-4-10)20-8-14(11)15(19)7-13/h1,6-8,10,12-13H,3-5,9,19H2,(H,20,21,23)/t12-,13?/m0/s1. The number of anilines is 1. The van der Waals surface area contributed by atoms with E-state index in [2.05, 4.69) is 16.2 Å². The summed E-state index contributed by atoms with van der Waals surface area (Å²) >= 11 is 0. The van der Waals surface area contributed by atoms with Crippen molar-refractivity contribution in [1.29, 1.82) is 0 Å². The molecule has 1 unspecified atom stereocenters. The Morgan fingerprint density at radius 2 is 2.28 bits per heavy atom. The number of pyridine rings is 1. The normalized spacial score (nSPS) is 24.8. The van der Waals surface area contributed by atoms with E-state index in [0.717, 1.165) is 24.0 Å². The molecule has 7 nitrogen and oxygen atoms in total. The van der Waals surface area contributed by atoms with Gasteiger partial charge in [0.25, 0.3) is 0 Å². The summed E-state index contributed by atoms with van der Waals surface area (Å²) in [6, 6.07) is 1.13. The number of terminal acetylenes is 1. The van der Waals surface area contributed by atoms with Crippen LogP contribution in [0.1, 0.15) is 24.0 Å². The third-order valence-electron chi connectivity index (χ3n) is 4.76. The number of aromatic nitrogens is 1. The van der Waals surface area contributed by atoms with Gasteiger partial charge in [-0.1, -0.05) is 5.92 Å². The lowest BCUT2D eigenvalue weighted by Crippen LogP contribution is -2.43. The van der Waals surface area contributed by atoms with Crippen molar-refractivity contribution in [3.63, 3.8) is 0 Å². The zero-order valence-corrected chi connectivity index (χ0v) is 13.6. The van der Waals surface area contributed by atoms with E-state index in [9.17, 15) is 9.59 Å². The number of fused-ring (bicyclic) bond motifs is 1. The zero-order valence-electron chi connectivity index (χ0n) is 13.6. The van der Waals surface area contributed by atoms with Crippen molar-refractivity contribution < 1.29 is 14.3 Å². The molecule has 25 heavy (non-hydrogen) atoms. The maximum atomic E-state index is 12.0. The van der Waals surface area contributed by atoms with Crippen LogP contribution < -0.4 is 11.1 Å². The monoisotopic (exact) mass is 338 g/mol. The summed E-state index contributed by atoms with van der Waals surface area (Å²) in [6.45, 7) is 0.186. The van der Waals surface area contributed by atoms with Crippen molar-refractivity contribution in [2.45, 2.75) is 31.3 Å². The van der Waals surface area contributed by atoms with Crippen LogP contribution in [-0.4, -0.2) is 40.6 Å². The lowest BCUT2D eigenvalue weighted by atomic mass is 9.92. The minimum absolute atomic E-state index is 0.00107. The Morgan fingerprint density at radius 1 is 1.48 bits per heavy atom. The van der Waals surface area contributed by atoms with Gasteiger partial charge in [-0.3, -0.25) is 9.69 Å². The van der Waals surface area contributed by atoms with Crippen LogP contribution in [0.2, 0.25) is 0 Å². The highest BCUT2D eigenvalue weighted by Gasteiger charge is 2.38. The number of nitrogens with two attached hydrogens (primary N) is 1. The van der Waals surface area contributed by atoms with Gasteiger partial charge in [-0.05, 0) is 37.0 Å². The average Bonchev–Trinajstić information content (AvgIpc) is 3.37. The summed E-state index contributed by atoms with van der Waals surface area (Å²) < 4.78 is 5.06. The van der Waals surface area contributed by atoms with Gasteiger partial charge in [0, 0.05) is 23.4 Å². The first-order valence-electron chi connectivity index (χ1n) is 8.25. The second-order valence-electron chi connectivity index (χ2n) is 6.55. The summed E-state index contributed by atoms with van der Waals surface area (Å²) in [6.07, 6.45) is 10.9. The summed E-state index contributed by atoms with van der Waals surface area (Å²) in [5, 5.41) is 2.83. The summed E-state index contributed by atoms with van der Waals surface area (Å²) in [4.78, 5) is 29.8. The zero-order chi connectivity index (χ0) is 17.6. The minimum atomic E-state index is -0.434. The molecule has 2 heterocycles. The van der Waals surface area contributed by atoms with Crippen molar-refractivity contribution >= 4 is 23.5 Å². The summed E-state index contributed by atoms with van der Waals surface area (Å²) in [5.41, 5.74) is 8.41. The Balaban J connectivity index is 1.59. The molecule has 1 aromatic heterocycles. The summed E-state index contributed by atoms with van der Waals surface area (Å²) in [7, 11) is 0. The molecule has 3 aliphatic rings. The highest BCUT2D eigenvalue weighted by molar-refractivity contribution is 5.93. The van der Waals surface area contributed by atoms with Crippen LogP contribution in [0.5, 0.6) is 0 Å². The third kappa shape index (κ3) is 2.80. The number of hydrogen-bond donors (Lipinski definition) is 2. The van der Waals surface area contributed by atoms with Crippen LogP contribution in [0, 0.1) is 18.3 Å². The van der Waals surface area contributed by atoms with E-state index in [1.807, 2.05) is 12.1 Å². The Labute approximate surface area is 145 Å². The second-order valence-corrected chi connectivity index (χ2v) is 6.55. The molecule has 0 aromatic carbocycles. The van der Waals surface area contributed by atoms with Gasteiger partial charge in [0.1, 0.15) is 18.5 Å². The van der Waals surface area contributed by atoms with E-state index >= 15 is 0 Å². The molecule has 2 amide bonds. The molecule has 2 aliphatic carbocycles. The number of nitrogens with zero attached hydrogens (tertiary/aromatic N) is 2. The number of carbonyl (C=O) groups excluding carboxylic acids is 2. The lowest BCUT2D eigenvalue weighted by Gasteiger charge is -2.30. The van der Waals surface area contributed by atoms with E-state index in [1.54, 1.807) is 11.1 Å². The van der Waals surface area contributed by atoms with Gasteiger partial charge in [0.15, 0.2) is 0 Å². The van der Waals surface area contributed by atoms with Crippen molar-refractivity contribution in [2.24, 2.45) is 11.7 Å². The molecule has 2 atom stereocenters. The maximum absolute atomic E-state index is 12.0. The predicted octanol–water partition coefficient (Wildman–Crippen LogP) is 1.11. The molecular formula is C18H18N4O3. The second kappa shape index (κ2) is 5.81. The Bertz CT molecular complexity index is 822. The molecule has 2 fully saturated rings. The molecule has 128 valence electrons. The minimum Gasteiger partial charge on any atom is -0.446 e. The molecule has 1 aliphatic heterocycles. The van der Waals surface area contributed by atoms with Crippen LogP contribution in [0.4, 0.5) is 10.6 Å². The number of carbonyl (C=O) groups is 2. The molecule has 4 rings (SSSR count). The SMILES string of the molecule is C#C[C@H]1COC(=O)N1C1C=C(N)c2cnc(NC(=O)C3CC3)cc2C1. The van der Waals surface area contributed by atoms with Crippen molar-refractivity contribution in [2.75, 3.05) is 11.9 Å². The van der Waals surface area contributed by atoms with Gasteiger partial charge in [0.2, 0.25) is 5.91 Å². The van der Waals surface area contributed by atoms with E-state index in [1.165, 1.54) is 0 Å². The molecule has 0 spiro atoms. The molecule has 0 bridgehead atoms. The molecule has 1 saturated heterocycles. The Kier molecular flexibility index (Phi) is 3.61. The van der Waals surface area contributed by atoms with E-state index < -0.39 is 12.1 Å². The number of rotatable bonds is 3. The van der Waals surface area contributed by atoms with Gasteiger partial charge in [-0.15, -0.1) is 6.42 Å². The van der Waals surface area contributed by atoms with Gasteiger partial charge < -0.3 is 15.8 Å². The largest absolute Gasteiger partial charge is 0.446 e. The van der Waals surface area contributed by atoms with Gasteiger partial charge in [-0.25, -0.2) is 9.78 Å². The summed E-state index contributed by atoms with van der Waals surface area (Å²) in [5.74, 6) is 3.18. The first-order chi connectivity index (χ1) is 12.1. The van der Waals surface area contributed by atoms with Gasteiger partial charge >= 0.3 is 6.09 Å². The Morgan fingerprint density at radius 3 is 3.00 bits per heavy atom. The van der Waals surface area contributed by atoms with Crippen LogP contribution in [0.3, 0.4) is 0 Å². The van der Waals surface area contributed by atoms with Crippen molar-refractivity contribution in [3.05, 3.63) is 29.5 Å².